The zero-order valence-corrected chi connectivity index (χ0v) is 17.9. The highest BCUT2D eigenvalue weighted by atomic mass is 16.5. The Labute approximate surface area is 187 Å². The van der Waals surface area contributed by atoms with Crippen molar-refractivity contribution in [1.29, 1.82) is 0 Å². The van der Waals surface area contributed by atoms with Gasteiger partial charge in [0.25, 0.3) is 11.8 Å². The van der Waals surface area contributed by atoms with Crippen LogP contribution < -0.4 is 10.6 Å². The van der Waals surface area contributed by atoms with Crippen molar-refractivity contribution in [2.45, 2.75) is 0 Å². The third-order valence-corrected chi connectivity index (χ3v) is 4.46. The molecule has 3 aromatic rings. The van der Waals surface area contributed by atoms with E-state index in [2.05, 4.69) is 10.6 Å². The number of carbonyl (C=O) groups excluding carboxylic acids is 2. The molecule has 0 aliphatic rings. The van der Waals surface area contributed by atoms with Crippen molar-refractivity contribution in [3.63, 3.8) is 0 Å². The first kappa shape index (κ1) is 22.4. The van der Waals surface area contributed by atoms with Crippen LogP contribution in [0.1, 0.15) is 11.1 Å². The maximum Gasteiger partial charge on any atom is 0.290 e. The molecule has 0 bridgehead atoms. The van der Waals surface area contributed by atoms with Gasteiger partial charge in [0.1, 0.15) is 0 Å². The summed E-state index contributed by atoms with van der Waals surface area (Å²) in [6.07, 6.45) is 3.31. The molecule has 0 aliphatic heterocycles. The molecule has 0 fully saturated rings. The second-order valence-corrected chi connectivity index (χ2v) is 6.74. The van der Waals surface area contributed by atoms with Crippen molar-refractivity contribution < 1.29 is 19.1 Å². The highest BCUT2D eigenvalue weighted by molar-refractivity contribution is 6.07. The topological polar surface area (TPSA) is 76.7 Å². The number of amides is 2. The maximum atomic E-state index is 12.6. The highest BCUT2D eigenvalue weighted by Crippen LogP contribution is 2.18. The first-order valence-electron chi connectivity index (χ1n) is 9.93. The summed E-state index contributed by atoms with van der Waals surface area (Å²) >= 11 is 0. The van der Waals surface area contributed by atoms with Crippen molar-refractivity contribution >= 4 is 35.3 Å². The average Bonchev–Trinajstić information content (AvgIpc) is 2.82. The van der Waals surface area contributed by atoms with E-state index < -0.39 is 11.8 Å². The SMILES string of the molecule is CO/C(=C\c1ccccc1)C(=O)Nc1cccc(NC(=O)/C(=C\c2ccccc2)OC)c1. The summed E-state index contributed by atoms with van der Waals surface area (Å²) in [6, 6.07) is 25.6. The van der Waals surface area contributed by atoms with Gasteiger partial charge in [0.2, 0.25) is 0 Å². The van der Waals surface area contributed by atoms with Crippen LogP contribution >= 0.6 is 0 Å². The molecule has 0 saturated carbocycles. The maximum absolute atomic E-state index is 12.6. The summed E-state index contributed by atoms with van der Waals surface area (Å²) in [6.45, 7) is 0. The quantitative estimate of drug-likeness (QED) is 0.394. The molecule has 0 spiro atoms. The van der Waals surface area contributed by atoms with E-state index >= 15 is 0 Å². The van der Waals surface area contributed by atoms with E-state index in [1.807, 2.05) is 60.7 Å². The first-order valence-corrected chi connectivity index (χ1v) is 9.93. The van der Waals surface area contributed by atoms with Crippen LogP contribution in [0.5, 0.6) is 0 Å². The third-order valence-electron chi connectivity index (χ3n) is 4.46. The fraction of sp³-hybridized carbons (Fsp3) is 0.0769. The Bertz CT molecular complexity index is 1040. The summed E-state index contributed by atoms with van der Waals surface area (Å²) in [4.78, 5) is 25.2. The molecule has 0 unspecified atom stereocenters. The van der Waals surface area contributed by atoms with Gasteiger partial charge >= 0.3 is 0 Å². The lowest BCUT2D eigenvalue weighted by Gasteiger charge is -2.11. The lowest BCUT2D eigenvalue weighted by atomic mass is 10.2. The van der Waals surface area contributed by atoms with E-state index in [4.69, 9.17) is 9.47 Å². The number of hydrogen-bond donors (Lipinski definition) is 2. The molecule has 0 atom stereocenters. The molecule has 162 valence electrons. The normalized spacial score (nSPS) is 11.4. The molecule has 0 aromatic heterocycles. The van der Waals surface area contributed by atoms with E-state index in [0.29, 0.717) is 11.4 Å². The third kappa shape index (κ3) is 6.34. The van der Waals surface area contributed by atoms with Crippen LogP contribution in [0, 0.1) is 0 Å². The van der Waals surface area contributed by atoms with Gasteiger partial charge in [-0.15, -0.1) is 0 Å². The number of methoxy groups -OCH3 is 2. The van der Waals surface area contributed by atoms with E-state index in [1.165, 1.54) is 14.2 Å². The van der Waals surface area contributed by atoms with Crippen LogP contribution in [-0.4, -0.2) is 26.0 Å². The molecular formula is C26H24N2O4. The Balaban J connectivity index is 1.71. The fourth-order valence-corrected chi connectivity index (χ4v) is 2.90. The fourth-order valence-electron chi connectivity index (χ4n) is 2.90. The molecule has 0 heterocycles. The van der Waals surface area contributed by atoms with Gasteiger partial charge in [-0.1, -0.05) is 66.7 Å². The van der Waals surface area contributed by atoms with Gasteiger partial charge in [0, 0.05) is 11.4 Å². The predicted octanol–water partition coefficient (Wildman–Crippen LogP) is 4.94. The lowest BCUT2D eigenvalue weighted by molar-refractivity contribution is -0.116. The second-order valence-electron chi connectivity index (χ2n) is 6.74. The van der Waals surface area contributed by atoms with Crippen LogP contribution in [0.2, 0.25) is 0 Å². The average molecular weight is 428 g/mol. The minimum absolute atomic E-state index is 0.165. The van der Waals surface area contributed by atoms with Gasteiger partial charge in [0.15, 0.2) is 11.5 Å². The van der Waals surface area contributed by atoms with Gasteiger partial charge in [-0.05, 0) is 41.5 Å². The highest BCUT2D eigenvalue weighted by Gasteiger charge is 2.13. The lowest BCUT2D eigenvalue weighted by Crippen LogP contribution is -2.17. The summed E-state index contributed by atoms with van der Waals surface area (Å²) in [5.74, 6) is -0.473. The van der Waals surface area contributed by atoms with E-state index in [-0.39, 0.29) is 11.5 Å². The van der Waals surface area contributed by atoms with Crippen molar-refractivity contribution in [3.8, 4) is 0 Å². The molecule has 0 saturated heterocycles. The summed E-state index contributed by atoms with van der Waals surface area (Å²) < 4.78 is 10.5. The monoisotopic (exact) mass is 428 g/mol. The van der Waals surface area contributed by atoms with Crippen LogP contribution in [0.4, 0.5) is 11.4 Å². The molecule has 6 heteroatoms. The number of rotatable bonds is 8. The van der Waals surface area contributed by atoms with E-state index in [9.17, 15) is 9.59 Å². The number of nitrogens with one attached hydrogen (secondary N) is 2. The van der Waals surface area contributed by atoms with Crippen molar-refractivity contribution in [3.05, 3.63) is 108 Å². The number of carbonyl (C=O) groups is 2. The van der Waals surface area contributed by atoms with E-state index in [1.54, 1.807) is 36.4 Å². The molecule has 3 rings (SSSR count). The van der Waals surface area contributed by atoms with Crippen LogP contribution in [0.3, 0.4) is 0 Å². The predicted molar refractivity (Wildman–Crippen MR) is 127 cm³/mol. The second kappa shape index (κ2) is 11.2. The molecule has 3 aromatic carbocycles. The summed E-state index contributed by atoms with van der Waals surface area (Å²) in [5, 5.41) is 5.56. The minimum Gasteiger partial charge on any atom is -0.491 e. The zero-order valence-electron chi connectivity index (χ0n) is 17.9. The molecule has 0 radical (unpaired) electrons. The van der Waals surface area contributed by atoms with Gasteiger partial charge < -0.3 is 20.1 Å². The number of ether oxygens (including phenoxy) is 2. The first-order chi connectivity index (χ1) is 15.6. The largest absolute Gasteiger partial charge is 0.491 e. The Kier molecular flexibility index (Phi) is 7.81. The smallest absolute Gasteiger partial charge is 0.290 e. The minimum atomic E-state index is -0.401. The molecule has 2 N–H and O–H groups in total. The van der Waals surface area contributed by atoms with Crippen molar-refractivity contribution in [2.24, 2.45) is 0 Å². The van der Waals surface area contributed by atoms with Crippen LogP contribution in [-0.2, 0) is 19.1 Å². The molecule has 0 aliphatic carbocycles. The molecule has 32 heavy (non-hydrogen) atoms. The Morgan fingerprint density at radius 3 is 1.41 bits per heavy atom. The Hall–Kier alpha value is -4.32. The number of benzene rings is 3. The Morgan fingerprint density at radius 2 is 1.03 bits per heavy atom. The summed E-state index contributed by atoms with van der Waals surface area (Å²) in [5.41, 5.74) is 2.71. The Morgan fingerprint density at radius 1 is 0.625 bits per heavy atom. The van der Waals surface area contributed by atoms with Crippen LogP contribution in [0.15, 0.2) is 96.4 Å². The molecule has 6 nitrogen and oxygen atoms in total. The van der Waals surface area contributed by atoms with Gasteiger partial charge in [-0.2, -0.15) is 0 Å². The standard InChI is InChI=1S/C26H24N2O4/c1-31-23(16-19-10-5-3-6-11-19)25(29)27-21-14-9-15-22(18-21)28-26(30)24(32-2)17-20-12-7-4-8-13-20/h3-18H,1-2H3,(H,27,29)(H,28,30)/b23-16-,24-17+. The van der Waals surface area contributed by atoms with E-state index in [0.717, 1.165) is 11.1 Å². The van der Waals surface area contributed by atoms with Crippen molar-refractivity contribution in [2.75, 3.05) is 24.9 Å². The van der Waals surface area contributed by atoms with Gasteiger partial charge in [-0.3, -0.25) is 9.59 Å². The van der Waals surface area contributed by atoms with Gasteiger partial charge in [-0.25, -0.2) is 0 Å². The zero-order chi connectivity index (χ0) is 22.8. The number of anilines is 2. The summed E-state index contributed by atoms with van der Waals surface area (Å²) in [7, 11) is 2.88. The number of hydrogen-bond acceptors (Lipinski definition) is 4. The van der Waals surface area contributed by atoms with Crippen LogP contribution in [0.25, 0.3) is 12.2 Å². The molecular weight excluding hydrogens is 404 g/mol. The molecule has 2 amide bonds. The van der Waals surface area contributed by atoms with Gasteiger partial charge in [0.05, 0.1) is 14.2 Å². The van der Waals surface area contributed by atoms with Crippen molar-refractivity contribution in [1.82, 2.24) is 0 Å².